The number of halogens is 4. The average Bonchev–Trinajstić information content (AvgIpc) is 3.12. The first-order valence-electron chi connectivity index (χ1n) is 9.86. The fourth-order valence-electron chi connectivity index (χ4n) is 4.39. The fourth-order valence-corrected chi connectivity index (χ4v) is 4.39. The zero-order valence-corrected chi connectivity index (χ0v) is 17.3. The maximum Gasteiger partial charge on any atom is 0.416 e. The standard InChI is InChI=1S/C24H19F3N2O.ClH/c25-24(26,27)17-4-1-14(2-5-17)18-7-8-19(22-13-28-10-9-21(18)22)15-3-6-20-16(11-15)12-29-23(20)30;/h1-8,11,28H,9-10,12-13H2,(H,29,30);1H. The first-order valence-corrected chi connectivity index (χ1v) is 9.86. The molecular formula is C24H20ClF3N2O. The Labute approximate surface area is 184 Å². The highest BCUT2D eigenvalue weighted by atomic mass is 35.5. The molecular weight excluding hydrogens is 425 g/mol. The third-order valence-corrected chi connectivity index (χ3v) is 5.91. The van der Waals surface area contributed by atoms with Crippen LogP contribution in [0.1, 0.15) is 32.6 Å². The van der Waals surface area contributed by atoms with Crippen LogP contribution < -0.4 is 10.6 Å². The van der Waals surface area contributed by atoms with E-state index in [-0.39, 0.29) is 18.3 Å². The number of alkyl halides is 3. The second kappa shape index (κ2) is 8.02. The molecule has 2 heterocycles. The predicted molar refractivity (Wildman–Crippen MR) is 116 cm³/mol. The van der Waals surface area contributed by atoms with Crippen molar-refractivity contribution in [2.75, 3.05) is 6.54 Å². The van der Waals surface area contributed by atoms with E-state index in [9.17, 15) is 18.0 Å². The Hall–Kier alpha value is -2.83. The summed E-state index contributed by atoms with van der Waals surface area (Å²) in [6.07, 6.45) is -3.53. The monoisotopic (exact) mass is 444 g/mol. The summed E-state index contributed by atoms with van der Waals surface area (Å²) in [5, 5.41) is 6.24. The first-order chi connectivity index (χ1) is 14.4. The van der Waals surface area contributed by atoms with Crippen LogP contribution in [0.15, 0.2) is 54.6 Å². The molecule has 160 valence electrons. The van der Waals surface area contributed by atoms with Crippen molar-refractivity contribution < 1.29 is 18.0 Å². The van der Waals surface area contributed by atoms with E-state index in [1.54, 1.807) is 12.1 Å². The first kappa shape index (κ1) is 21.4. The number of carbonyl (C=O) groups excluding carboxylic acids is 1. The Morgan fingerprint density at radius 2 is 1.42 bits per heavy atom. The van der Waals surface area contributed by atoms with Crippen molar-refractivity contribution in [2.24, 2.45) is 0 Å². The molecule has 2 aliphatic heterocycles. The SMILES string of the molecule is Cl.O=C1NCc2cc(-c3ccc(-c4ccc(C(F)(F)F)cc4)c4c3CNCC4)ccc21. The molecule has 0 fully saturated rings. The van der Waals surface area contributed by atoms with Crippen molar-refractivity contribution in [3.05, 3.63) is 82.4 Å². The van der Waals surface area contributed by atoms with Gasteiger partial charge >= 0.3 is 6.18 Å². The second-order valence-corrected chi connectivity index (χ2v) is 7.67. The predicted octanol–water partition coefficient (Wildman–Crippen LogP) is 5.35. The van der Waals surface area contributed by atoms with Crippen molar-refractivity contribution in [2.45, 2.75) is 25.7 Å². The Bertz CT molecular complexity index is 1160. The fraction of sp³-hybridized carbons (Fsp3) is 0.208. The molecule has 3 aromatic carbocycles. The van der Waals surface area contributed by atoms with E-state index in [0.717, 1.165) is 58.5 Å². The second-order valence-electron chi connectivity index (χ2n) is 7.67. The average molecular weight is 445 g/mol. The lowest BCUT2D eigenvalue weighted by Crippen LogP contribution is -2.24. The molecule has 7 heteroatoms. The normalized spacial score (nSPS) is 15.0. The van der Waals surface area contributed by atoms with Gasteiger partial charge < -0.3 is 10.6 Å². The van der Waals surface area contributed by atoms with Crippen LogP contribution in [-0.4, -0.2) is 12.5 Å². The van der Waals surface area contributed by atoms with Crippen LogP contribution in [0.5, 0.6) is 0 Å². The molecule has 3 nitrogen and oxygen atoms in total. The lowest BCUT2D eigenvalue weighted by Gasteiger charge is -2.24. The van der Waals surface area contributed by atoms with Crippen molar-refractivity contribution in [3.8, 4) is 22.3 Å². The molecule has 0 unspecified atom stereocenters. The molecule has 0 atom stereocenters. The molecule has 0 aliphatic carbocycles. The summed E-state index contributed by atoms with van der Waals surface area (Å²) in [6, 6.07) is 15.3. The van der Waals surface area contributed by atoms with Crippen LogP contribution in [0.25, 0.3) is 22.3 Å². The van der Waals surface area contributed by atoms with Gasteiger partial charge in [0.2, 0.25) is 0 Å². The Kier molecular flexibility index (Phi) is 5.54. The number of amides is 1. The summed E-state index contributed by atoms with van der Waals surface area (Å²) in [7, 11) is 0. The Balaban J connectivity index is 0.00000231. The number of hydrogen-bond acceptors (Lipinski definition) is 2. The van der Waals surface area contributed by atoms with Crippen molar-refractivity contribution in [3.63, 3.8) is 0 Å². The van der Waals surface area contributed by atoms with E-state index in [0.29, 0.717) is 18.7 Å². The van der Waals surface area contributed by atoms with Gasteiger partial charge in [-0.15, -0.1) is 12.4 Å². The molecule has 0 aromatic heterocycles. The van der Waals surface area contributed by atoms with E-state index in [4.69, 9.17) is 0 Å². The maximum absolute atomic E-state index is 12.9. The number of rotatable bonds is 2. The molecule has 0 bridgehead atoms. The summed E-state index contributed by atoms with van der Waals surface area (Å²) in [6.45, 7) is 2.06. The highest BCUT2D eigenvalue weighted by molar-refractivity contribution is 5.99. The highest BCUT2D eigenvalue weighted by Crippen LogP contribution is 2.37. The molecule has 0 saturated heterocycles. The van der Waals surface area contributed by atoms with Gasteiger partial charge in [0.05, 0.1) is 5.56 Å². The zero-order valence-electron chi connectivity index (χ0n) is 16.5. The van der Waals surface area contributed by atoms with Crippen LogP contribution in [0, 0.1) is 0 Å². The number of fused-ring (bicyclic) bond motifs is 2. The van der Waals surface area contributed by atoms with E-state index in [1.807, 2.05) is 24.3 Å². The van der Waals surface area contributed by atoms with Crippen LogP contribution >= 0.6 is 12.4 Å². The van der Waals surface area contributed by atoms with Crippen LogP contribution in [-0.2, 0) is 25.7 Å². The van der Waals surface area contributed by atoms with Gasteiger partial charge in [0.1, 0.15) is 0 Å². The van der Waals surface area contributed by atoms with Crippen LogP contribution in [0.3, 0.4) is 0 Å². The minimum absolute atomic E-state index is 0. The van der Waals surface area contributed by atoms with E-state index < -0.39 is 11.7 Å². The molecule has 1 amide bonds. The Morgan fingerprint density at radius 3 is 2.13 bits per heavy atom. The number of nitrogens with one attached hydrogen (secondary N) is 2. The van der Waals surface area contributed by atoms with Crippen molar-refractivity contribution in [1.29, 1.82) is 0 Å². The third-order valence-electron chi connectivity index (χ3n) is 5.91. The van der Waals surface area contributed by atoms with Crippen LogP contribution in [0.2, 0.25) is 0 Å². The smallest absolute Gasteiger partial charge is 0.348 e. The molecule has 5 rings (SSSR count). The van der Waals surface area contributed by atoms with Gasteiger partial charge in [-0.3, -0.25) is 4.79 Å². The summed E-state index contributed by atoms with van der Waals surface area (Å²) in [4.78, 5) is 11.8. The summed E-state index contributed by atoms with van der Waals surface area (Å²) < 4.78 is 38.8. The van der Waals surface area contributed by atoms with Gasteiger partial charge in [-0.05, 0) is 76.2 Å². The summed E-state index contributed by atoms with van der Waals surface area (Å²) in [5.74, 6) is -0.0436. The number of benzene rings is 3. The molecule has 31 heavy (non-hydrogen) atoms. The topological polar surface area (TPSA) is 41.1 Å². The molecule has 0 saturated carbocycles. The molecule has 0 radical (unpaired) electrons. The van der Waals surface area contributed by atoms with E-state index in [1.165, 1.54) is 5.56 Å². The van der Waals surface area contributed by atoms with Gasteiger partial charge in [-0.1, -0.05) is 30.3 Å². The largest absolute Gasteiger partial charge is 0.416 e. The molecule has 0 spiro atoms. The Morgan fingerprint density at radius 1 is 0.774 bits per heavy atom. The van der Waals surface area contributed by atoms with Gasteiger partial charge in [-0.25, -0.2) is 0 Å². The van der Waals surface area contributed by atoms with Gasteiger partial charge in [0.25, 0.3) is 5.91 Å². The summed E-state index contributed by atoms with van der Waals surface area (Å²) in [5.41, 5.74) is 7.29. The minimum Gasteiger partial charge on any atom is -0.348 e. The van der Waals surface area contributed by atoms with E-state index >= 15 is 0 Å². The summed E-state index contributed by atoms with van der Waals surface area (Å²) >= 11 is 0. The molecule has 2 aliphatic rings. The number of hydrogen-bond donors (Lipinski definition) is 2. The highest BCUT2D eigenvalue weighted by Gasteiger charge is 2.30. The zero-order chi connectivity index (χ0) is 20.9. The number of carbonyl (C=O) groups is 1. The van der Waals surface area contributed by atoms with E-state index in [2.05, 4.69) is 16.7 Å². The quantitative estimate of drug-likeness (QED) is 0.559. The minimum atomic E-state index is -4.34. The van der Waals surface area contributed by atoms with Gasteiger partial charge in [0.15, 0.2) is 0 Å². The lowest BCUT2D eigenvalue weighted by atomic mass is 9.85. The third kappa shape index (κ3) is 3.82. The van der Waals surface area contributed by atoms with Gasteiger partial charge in [0, 0.05) is 18.7 Å². The molecule has 3 aromatic rings. The van der Waals surface area contributed by atoms with Crippen molar-refractivity contribution >= 4 is 18.3 Å². The lowest BCUT2D eigenvalue weighted by molar-refractivity contribution is -0.137. The van der Waals surface area contributed by atoms with Crippen molar-refractivity contribution in [1.82, 2.24) is 10.6 Å². The molecule has 2 N–H and O–H groups in total. The maximum atomic E-state index is 12.9. The van der Waals surface area contributed by atoms with Crippen LogP contribution in [0.4, 0.5) is 13.2 Å². The van der Waals surface area contributed by atoms with Gasteiger partial charge in [-0.2, -0.15) is 13.2 Å².